The van der Waals surface area contributed by atoms with E-state index in [4.69, 9.17) is 0 Å². The summed E-state index contributed by atoms with van der Waals surface area (Å²) < 4.78 is 1.68. The summed E-state index contributed by atoms with van der Waals surface area (Å²) in [5, 5.41) is 7.41. The summed E-state index contributed by atoms with van der Waals surface area (Å²) in [6.07, 6.45) is 1.86. The van der Waals surface area contributed by atoms with Crippen molar-refractivity contribution in [2.45, 2.75) is 6.92 Å². The van der Waals surface area contributed by atoms with Crippen LogP contribution in [0.1, 0.15) is 5.69 Å². The minimum Gasteiger partial charge on any atom is -0.255 e. The molecule has 0 aliphatic heterocycles. The van der Waals surface area contributed by atoms with Crippen molar-refractivity contribution >= 4 is 0 Å². The van der Waals surface area contributed by atoms with E-state index in [0.29, 0.717) is 0 Å². The van der Waals surface area contributed by atoms with Crippen LogP contribution in [0.3, 0.4) is 0 Å². The van der Waals surface area contributed by atoms with Crippen molar-refractivity contribution in [2.75, 3.05) is 0 Å². The van der Waals surface area contributed by atoms with E-state index in [0.717, 1.165) is 5.69 Å². The molecule has 1 aromatic heterocycles. The lowest BCUT2D eigenvalue weighted by Crippen LogP contribution is -1.85. The van der Waals surface area contributed by atoms with Crippen molar-refractivity contribution in [3.8, 4) is 0 Å². The van der Waals surface area contributed by atoms with Gasteiger partial charge in [-0.15, -0.1) is 5.10 Å². The molecule has 0 bridgehead atoms. The van der Waals surface area contributed by atoms with Gasteiger partial charge in [0, 0.05) is 13.2 Å². The van der Waals surface area contributed by atoms with Gasteiger partial charge in [0.05, 0.1) is 5.69 Å². The molecule has 1 heterocycles. The highest BCUT2D eigenvalue weighted by atomic mass is 15.4. The Morgan fingerprint density at radius 2 is 1.46 bits per heavy atom. The summed E-state index contributed by atoms with van der Waals surface area (Å²) in [6, 6.07) is 12.0. The zero-order valence-corrected chi connectivity index (χ0v) is 7.88. The maximum atomic E-state index is 3.73. The number of rotatable bonds is 0. The Morgan fingerprint density at radius 1 is 1.00 bits per heavy atom. The standard InChI is InChI=1S/C6H6.C4H7N3/c1-2-4-6-5-3-1;1-4-3-7(2)6-5-4/h1-6H;3H,1-2H3. The molecule has 0 N–H and O–H groups in total. The van der Waals surface area contributed by atoms with Crippen LogP contribution in [0.25, 0.3) is 0 Å². The molecule has 0 aliphatic rings. The van der Waals surface area contributed by atoms with Gasteiger partial charge in [-0.2, -0.15) is 0 Å². The van der Waals surface area contributed by atoms with Gasteiger partial charge in [0.2, 0.25) is 0 Å². The Balaban J connectivity index is 0.000000132. The third-order valence-corrected chi connectivity index (χ3v) is 1.38. The molecule has 3 nitrogen and oxygen atoms in total. The Hall–Kier alpha value is -1.64. The Morgan fingerprint density at radius 3 is 1.62 bits per heavy atom. The third-order valence-electron chi connectivity index (χ3n) is 1.38. The first-order valence-electron chi connectivity index (χ1n) is 4.12. The van der Waals surface area contributed by atoms with Crippen LogP contribution in [0.4, 0.5) is 0 Å². The lowest BCUT2D eigenvalue weighted by Gasteiger charge is -1.75. The van der Waals surface area contributed by atoms with E-state index < -0.39 is 0 Å². The molecule has 0 saturated carbocycles. The van der Waals surface area contributed by atoms with Gasteiger partial charge in [-0.05, 0) is 6.92 Å². The molecule has 0 fully saturated rings. The fourth-order valence-corrected chi connectivity index (χ4v) is 0.848. The molecule has 0 atom stereocenters. The number of aromatic nitrogens is 3. The fourth-order valence-electron chi connectivity index (χ4n) is 0.848. The maximum absolute atomic E-state index is 3.73. The Kier molecular flexibility index (Phi) is 3.70. The summed E-state index contributed by atoms with van der Waals surface area (Å²) in [4.78, 5) is 0. The van der Waals surface area contributed by atoms with Crippen LogP contribution in [-0.2, 0) is 7.05 Å². The number of hydrogen-bond acceptors (Lipinski definition) is 2. The average Bonchev–Trinajstić information content (AvgIpc) is 2.54. The van der Waals surface area contributed by atoms with E-state index in [2.05, 4.69) is 10.3 Å². The average molecular weight is 175 g/mol. The highest BCUT2D eigenvalue weighted by Crippen LogP contribution is 1.82. The van der Waals surface area contributed by atoms with Crippen molar-refractivity contribution in [1.29, 1.82) is 0 Å². The number of hydrogen-bond donors (Lipinski definition) is 0. The van der Waals surface area contributed by atoms with E-state index in [1.54, 1.807) is 4.68 Å². The monoisotopic (exact) mass is 175 g/mol. The predicted octanol–water partition coefficient (Wildman–Crippen LogP) is 1.81. The molecule has 0 amide bonds. The largest absolute Gasteiger partial charge is 0.255 e. The molecule has 0 spiro atoms. The summed E-state index contributed by atoms with van der Waals surface area (Å²) in [5.74, 6) is 0. The van der Waals surface area contributed by atoms with Crippen molar-refractivity contribution in [2.24, 2.45) is 7.05 Å². The van der Waals surface area contributed by atoms with Crippen LogP contribution in [0.2, 0.25) is 0 Å². The van der Waals surface area contributed by atoms with Crippen molar-refractivity contribution in [1.82, 2.24) is 15.0 Å². The van der Waals surface area contributed by atoms with E-state index in [-0.39, 0.29) is 0 Å². The molecular weight excluding hydrogens is 162 g/mol. The van der Waals surface area contributed by atoms with Crippen LogP contribution in [0.5, 0.6) is 0 Å². The highest BCUT2D eigenvalue weighted by molar-refractivity contribution is 4.99. The quantitative estimate of drug-likeness (QED) is 0.611. The van der Waals surface area contributed by atoms with E-state index in [9.17, 15) is 0 Å². The molecule has 13 heavy (non-hydrogen) atoms. The Bertz CT molecular complexity index is 284. The topological polar surface area (TPSA) is 30.7 Å². The smallest absolute Gasteiger partial charge is 0.0796 e. The molecule has 0 unspecified atom stereocenters. The van der Waals surface area contributed by atoms with Gasteiger partial charge < -0.3 is 0 Å². The highest BCUT2D eigenvalue weighted by Gasteiger charge is 1.83. The zero-order chi connectivity index (χ0) is 9.52. The van der Waals surface area contributed by atoms with E-state index in [1.165, 1.54) is 0 Å². The first kappa shape index (κ1) is 9.45. The predicted molar refractivity (Wildman–Crippen MR) is 52.2 cm³/mol. The van der Waals surface area contributed by atoms with Gasteiger partial charge in [0.25, 0.3) is 0 Å². The SMILES string of the molecule is Cc1cn(C)nn1.c1ccccc1. The molecule has 1 aromatic carbocycles. The minimum absolute atomic E-state index is 0.961. The van der Waals surface area contributed by atoms with Crippen molar-refractivity contribution in [3.63, 3.8) is 0 Å². The van der Waals surface area contributed by atoms with Gasteiger partial charge in [0.1, 0.15) is 0 Å². The fraction of sp³-hybridized carbons (Fsp3) is 0.200. The summed E-state index contributed by atoms with van der Waals surface area (Å²) in [6.45, 7) is 1.91. The van der Waals surface area contributed by atoms with Crippen LogP contribution in [0.15, 0.2) is 42.6 Å². The van der Waals surface area contributed by atoms with Gasteiger partial charge in [-0.1, -0.05) is 41.6 Å². The van der Waals surface area contributed by atoms with Crippen molar-refractivity contribution < 1.29 is 0 Å². The van der Waals surface area contributed by atoms with Crippen LogP contribution >= 0.6 is 0 Å². The van der Waals surface area contributed by atoms with Gasteiger partial charge in [-0.25, -0.2) is 0 Å². The van der Waals surface area contributed by atoms with Crippen LogP contribution in [-0.4, -0.2) is 15.0 Å². The van der Waals surface area contributed by atoms with Gasteiger partial charge >= 0.3 is 0 Å². The summed E-state index contributed by atoms with van der Waals surface area (Å²) in [5.41, 5.74) is 0.961. The first-order valence-corrected chi connectivity index (χ1v) is 4.12. The summed E-state index contributed by atoms with van der Waals surface area (Å²) >= 11 is 0. The van der Waals surface area contributed by atoms with E-state index in [1.807, 2.05) is 56.6 Å². The second kappa shape index (κ2) is 5.09. The molecule has 2 rings (SSSR count). The number of nitrogens with zero attached hydrogens (tertiary/aromatic N) is 3. The first-order chi connectivity index (χ1) is 6.29. The molecule has 0 radical (unpaired) electrons. The Labute approximate surface area is 78.0 Å². The normalized spacial score (nSPS) is 8.77. The van der Waals surface area contributed by atoms with Gasteiger partial charge in [0.15, 0.2) is 0 Å². The second-order valence-corrected chi connectivity index (χ2v) is 2.69. The van der Waals surface area contributed by atoms with Gasteiger partial charge in [-0.3, -0.25) is 4.68 Å². The molecule has 2 aromatic rings. The molecule has 0 saturated heterocycles. The molecular formula is C10H13N3. The molecule has 0 aliphatic carbocycles. The number of benzene rings is 1. The molecule has 3 heteroatoms. The third kappa shape index (κ3) is 4.06. The lowest BCUT2D eigenvalue weighted by molar-refractivity contribution is 0.714. The zero-order valence-electron chi connectivity index (χ0n) is 7.88. The maximum Gasteiger partial charge on any atom is 0.0796 e. The van der Waals surface area contributed by atoms with E-state index >= 15 is 0 Å². The summed E-state index contributed by atoms with van der Waals surface area (Å²) in [7, 11) is 1.85. The molecule has 68 valence electrons. The second-order valence-electron chi connectivity index (χ2n) is 2.69. The number of aryl methyl sites for hydroxylation is 2. The van der Waals surface area contributed by atoms with Crippen LogP contribution < -0.4 is 0 Å². The van der Waals surface area contributed by atoms with Crippen molar-refractivity contribution in [3.05, 3.63) is 48.3 Å². The van der Waals surface area contributed by atoms with Crippen LogP contribution in [0, 0.1) is 6.92 Å². The minimum atomic E-state index is 0.961. The lowest BCUT2D eigenvalue weighted by atomic mass is 10.4.